The normalized spacial score (nSPS) is 14.9. The van der Waals surface area contributed by atoms with E-state index in [1.54, 1.807) is 0 Å². The lowest BCUT2D eigenvalue weighted by Crippen LogP contribution is -3.13. The number of nitro groups is 1. The third kappa shape index (κ3) is 4.66. The van der Waals surface area contributed by atoms with Gasteiger partial charge in [0.25, 0.3) is 5.69 Å². The third-order valence-corrected chi connectivity index (χ3v) is 5.05. The Morgan fingerprint density at radius 1 is 1.31 bits per heavy atom. The second-order valence-electron chi connectivity index (χ2n) is 6.12. The third-order valence-electron chi connectivity index (χ3n) is 4.36. The minimum Gasteiger partial charge on any atom is -0.338 e. The maximum absolute atomic E-state index is 10.9. The van der Waals surface area contributed by atoms with Gasteiger partial charge in [0.05, 0.1) is 41.8 Å². The molecule has 1 aromatic heterocycles. The molecule has 136 valence electrons. The number of quaternary nitrogens is 1. The van der Waals surface area contributed by atoms with Gasteiger partial charge in [-0.25, -0.2) is 0 Å². The van der Waals surface area contributed by atoms with Crippen LogP contribution >= 0.6 is 23.8 Å². The number of hydrogen-bond acceptors (Lipinski definition) is 4. The first-order chi connectivity index (χ1) is 12.5. The van der Waals surface area contributed by atoms with E-state index in [4.69, 9.17) is 23.8 Å². The van der Waals surface area contributed by atoms with E-state index in [1.807, 2.05) is 24.5 Å². The van der Waals surface area contributed by atoms with Crippen molar-refractivity contribution in [3.8, 4) is 0 Å². The van der Waals surface area contributed by atoms with Gasteiger partial charge in [0, 0.05) is 30.1 Å². The summed E-state index contributed by atoms with van der Waals surface area (Å²) in [6, 6.07) is 8.35. The lowest BCUT2D eigenvalue weighted by molar-refractivity contribution is -0.917. The van der Waals surface area contributed by atoms with Gasteiger partial charge in [-0.3, -0.25) is 15.1 Å². The van der Waals surface area contributed by atoms with Gasteiger partial charge in [-0.1, -0.05) is 11.6 Å². The van der Waals surface area contributed by atoms with Crippen LogP contribution in [0.5, 0.6) is 0 Å². The molecule has 2 heterocycles. The van der Waals surface area contributed by atoms with Gasteiger partial charge in [-0.05, 0) is 30.4 Å². The second kappa shape index (κ2) is 8.39. The maximum atomic E-state index is 10.9. The summed E-state index contributed by atoms with van der Waals surface area (Å²) in [6.07, 6.45) is 3.62. The van der Waals surface area contributed by atoms with E-state index < -0.39 is 4.92 Å². The maximum Gasteiger partial charge on any atom is 0.271 e. The van der Waals surface area contributed by atoms with Crippen LogP contribution in [0.15, 0.2) is 42.7 Å². The van der Waals surface area contributed by atoms with Crippen LogP contribution < -0.4 is 10.2 Å². The van der Waals surface area contributed by atoms with Crippen LogP contribution in [0.2, 0.25) is 5.02 Å². The molecule has 0 bridgehead atoms. The molecule has 1 aliphatic heterocycles. The Bertz CT molecular complexity index is 797. The SMILES string of the molecule is O=[N+]([O-])c1ccc(Cl)c(NC(=S)N2CC[NH+](Cc3ccncc3)CC2)c1. The topological polar surface area (TPSA) is 75.7 Å². The number of nitrogens with one attached hydrogen (secondary N) is 2. The lowest BCUT2D eigenvalue weighted by atomic mass is 10.2. The largest absolute Gasteiger partial charge is 0.338 e. The number of piperazine rings is 1. The summed E-state index contributed by atoms with van der Waals surface area (Å²) in [7, 11) is 0. The van der Waals surface area contributed by atoms with Crippen LogP contribution in [0.4, 0.5) is 11.4 Å². The summed E-state index contributed by atoms with van der Waals surface area (Å²) in [6.45, 7) is 4.53. The molecule has 0 atom stereocenters. The molecule has 0 radical (unpaired) electrons. The highest BCUT2D eigenvalue weighted by Crippen LogP contribution is 2.26. The van der Waals surface area contributed by atoms with Gasteiger partial charge < -0.3 is 15.1 Å². The summed E-state index contributed by atoms with van der Waals surface area (Å²) in [5.74, 6) is 0. The highest BCUT2D eigenvalue weighted by Gasteiger charge is 2.22. The molecule has 0 unspecified atom stereocenters. The van der Waals surface area contributed by atoms with Gasteiger partial charge in [0.1, 0.15) is 6.54 Å². The zero-order valence-electron chi connectivity index (χ0n) is 14.0. The summed E-state index contributed by atoms with van der Waals surface area (Å²) < 4.78 is 0. The summed E-state index contributed by atoms with van der Waals surface area (Å²) >= 11 is 11.6. The molecular weight excluding hydrogens is 374 g/mol. The molecule has 1 fully saturated rings. The Hall–Kier alpha value is -2.29. The fourth-order valence-corrected chi connectivity index (χ4v) is 3.37. The quantitative estimate of drug-likeness (QED) is 0.469. The predicted molar refractivity (Wildman–Crippen MR) is 105 cm³/mol. The lowest BCUT2D eigenvalue weighted by Gasteiger charge is -2.34. The van der Waals surface area contributed by atoms with Crippen molar-refractivity contribution < 1.29 is 9.82 Å². The summed E-state index contributed by atoms with van der Waals surface area (Å²) in [5.41, 5.74) is 1.70. The van der Waals surface area contributed by atoms with Crippen LogP contribution in [0.25, 0.3) is 0 Å². The average Bonchev–Trinajstić information content (AvgIpc) is 2.64. The number of anilines is 1. The molecule has 1 aliphatic rings. The molecule has 2 N–H and O–H groups in total. The Balaban J connectivity index is 1.55. The Morgan fingerprint density at radius 3 is 2.65 bits per heavy atom. The molecule has 3 rings (SSSR count). The first kappa shape index (κ1) is 18.5. The number of pyridine rings is 1. The van der Waals surface area contributed by atoms with Gasteiger partial charge in [-0.2, -0.15) is 0 Å². The number of rotatable bonds is 4. The van der Waals surface area contributed by atoms with Crippen molar-refractivity contribution in [3.05, 3.63) is 63.4 Å². The van der Waals surface area contributed by atoms with Gasteiger partial charge in [0.15, 0.2) is 5.11 Å². The average molecular weight is 393 g/mol. The number of nitro benzene ring substituents is 1. The highest BCUT2D eigenvalue weighted by molar-refractivity contribution is 7.80. The van der Waals surface area contributed by atoms with Crippen molar-refractivity contribution in [2.24, 2.45) is 0 Å². The molecule has 1 saturated heterocycles. The van der Waals surface area contributed by atoms with Crippen molar-refractivity contribution in [2.75, 3.05) is 31.5 Å². The number of nitrogens with zero attached hydrogens (tertiary/aromatic N) is 3. The Kier molecular flexibility index (Phi) is 5.97. The summed E-state index contributed by atoms with van der Waals surface area (Å²) in [4.78, 5) is 18.1. The molecular formula is C17H19ClN5O2S+. The Morgan fingerprint density at radius 2 is 2.00 bits per heavy atom. The first-order valence-corrected chi connectivity index (χ1v) is 9.04. The monoisotopic (exact) mass is 392 g/mol. The van der Waals surface area contributed by atoms with Crippen molar-refractivity contribution >= 4 is 40.3 Å². The number of non-ortho nitro benzene ring substituents is 1. The van der Waals surface area contributed by atoms with E-state index in [-0.39, 0.29) is 5.69 Å². The molecule has 7 nitrogen and oxygen atoms in total. The molecule has 0 saturated carbocycles. The van der Waals surface area contributed by atoms with Gasteiger partial charge in [-0.15, -0.1) is 0 Å². The van der Waals surface area contributed by atoms with E-state index in [1.165, 1.54) is 28.7 Å². The van der Waals surface area contributed by atoms with E-state index in [0.717, 1.165) is 32.7 Å². The number of halogens is 1. The molecule has 2 aromatic rings. The van der Waals surface area contributed by atoms with Crippen LogP contribution in [-0.2, 0) is 6.54 Å². The molecule has 0 aliphatic carbocycles. The molecule has 26 heavy (non-hydrogen) atoms. The summed E-state index contributed by atoms with van der Waals surface area (Å²) in [5, 5.41) is 14.9. The van der Waals surface area contributed by atoms with Crippen LogP contribution in [0, 0.1) is 10.1 Å². The number of benzene rings is 1. The number of aromatic nitrogens is 1. The number of thiocarbonyl (C=S) groups is 1. The van der Waals surface area contributed by atoms with Crippen molar-refractivity contribution in [1.82, 2.24) is 9.88 Å². The fourth-order valence-electron chi connectivity index (χ4n) is 2.91. The van der Waals surface area contributed by atoms with Crippen molar-refractivity contribution in [2.45, 2.75) is 6.54 Å². The van der Waals surface area contributed by atoms with E-state index in [9.17, 15) is 10.1 Å². The minimum absolute atomic E-state index is 0.0219. The van der Waals surface area contributed by atoms with Crippen LogP contribution in [0.3, 0.4) is 0 Å². The second-order valence-corrected chi connectivity index (χ2v) is 6.91. The van der Waals surface area contributed by atoms with E-state index >= 15 is 0 Å². The van der Waals surface area contributed by atoms with Crippen molar-refractivity contribution in [1.29, 1.82) is 0 Å². The molecule has 1 aromatic carbocycles. The number of hydrogen-bond donors (Lipinski definition) is 2. The fraction of sp³-hybridized carbons (Fsp3) is 0.294. The van der Waals surface area contributed by atoms with E-state index in [2.05, 4.69) is 15.2 Å². The smallest absolute Gasteiger partial charge is 0.271 e. The van der Waals surface area contributed by atoms with Gasteiger partial charge in [0.2, 0.25) is 0 Å². The standard InChI is InChI=1S/C17H18ClN5O2S/c18-15-2-1-14(23(24)25)11-16(15)20-17(26)22-9-7-21(8-10-22)12-13-3-5-19-6-4-13/h1-6,11H,7-10,12H2,(H,20,26)/p+1. The van der Waals surface area contributed by atoms with E-state index in [0.29, 0.717) is 15.8 Å². The molecule has 0 amide bonds. The van der Waals surface area contributed by atoms with Gasteiger partial charge >= 0.3 is 0 Å². The highest BCUT2D eigenvalue weighted by atomic mass is 35.5. The van der Waals surface area contributed by atoms with Crippen molar-refractivity contribution in [3.63, 3.8) is 0 Å². The molecule has 9 heteroatoms. The van der Waals surface area contributed by atoms with Crippen LogP contribution in [0.1, 0.15) is 5.56 Å². The Labute approximate surface area is 161 Å². The zero-order valence-corrected chi connectivity index (χ0v) is 15.6. The minimum atomic E-state index is -0.453. The molecule has 0 spiro atoms. The van der Waals surface area contributed by atoms with Crippen LogP contribution in [-0.4, -0.2) is 46.1 Å². The zero-order chi connectivity index (χ0) is 18.5. The first-order valence-electron chi connectivity index (χ1n) is 8.25. The predicted octanol–water partition coefficient (Wildman–Crippen LogP) is 1.74.